The zero-order valence-corrected chi connectivity index (χ0v) is 14.3. The number of nitrogens with one attached hydrogen (secondary N) is 1. The molecule has 0 radical (unpaired) electrons. The van der Waals surface area contributed by atoms with Gasteiger partial charge < -0.3 is 5.32 Å². The first-order valence-electron chi connectivity index (χ1n) is 9.67. The highest BCUT2D eigenvalue weighted by Crippen LogP contribution is 2.56. The van der Waals surface area contributed by atoms with E-state index in [-0.39, 0.29) is 0 Å². The molecule has 2 aromatic carbocycles. The van der Waals surface area contributed by atoms with Crippen LogP contribution in [0, 0.1) is 17.8 Å². The van der Waals surface area contributed by atoms with Crippen molar-refractivity contribution in [3.05, 3.63) is 71.8 Å². The Morgan fingerprint density at radius 3 is 1.50 bits per heavy atom. The molecule has 1 nitrogen and oxygen atoms in total. The van der Waals surface area contributed by atoms with Crippen LogP contribution in [0.2, 0.25) is 0 Å². The van der Waals surface area contributed by atoms with Crippen LogP contribution in [-0.2, 0) is 0 Å². The summed E-state index contributed by atoms with van der Waals surface area (Å²) in [7, 11) is 0. The second-order valence-electron chi connectivity index (χ2n) is 8.60. The predicted octanol–water partition coefficient (Wildman–Crippen LogP) is 5.33. The van der Waals surface area contributed by atoms with Crippen molar-refractivity contribution in [3.8, 4) is 0 Å². The normalized spacial score (nSPS) is 34.0. The summed E-state index contributed by atoms with van der Waals surface area (Å²) < 4.78 is 0. The Bertz CT molecular complexity index is 616. The van der Waals surface area contributed by atoms with Gasteiger partial charge in [-0.15, -0.1) is 0 Å². The topological polar surface area (TPSA) is 12.0 Å². The Kier molecular flexibility index (Phi) is 3.52. The van der Waals surface area contributed by atoms with Crippen LogP contribution in [0.15, 0.2) is 60.7 Å². The number of benzene rings is 2. The van der Waals surface area contributed by atoms with Crippen LogP contribution in [0.4, 0.5) is 0 Å². The van der Waals surface area contributed by atoms with E-state index >= 15 is 0 Å². The van der Waals surface area contributed by atoms with E-state index in [1.807, 2.05) is 0 Å². The average molecular weight is 317 g/mol. The van der Waals surface area contributed by atoms with E-state index in [9.17, 15) is 0 Å². The van der Waals surface area contributed by atoms with Crippen molar-refractivity contribution in [2.45, 2.75) is 50.1 Å². The third-order valence-electron chi connectivity index (χ3n) is 6.75. The molecule has 0 heterocycles. The Labute approximate surface area is 145 Å². The lowest BCUT2D eigenvalue weighted by Crippen LogP contribution is -2.59. The maximum atomic E-state index is 4.19. The van der Waals surface area contributed by atoms with E-state index in [1.165, 1.54) is 49.7 Å². The second kappa shape index (κ2) is 5.74. The molecule has 0 saturated heterocycles. The molecule has 1 N–H and O–H groups in total. The molecular weight excluding hydrogens is 290 g/mol. The summed E-state index contributed by atoms with van der Waals surface area (Å²) in [5.41, 5.74) is 3.18. The highest BCUT2D eigenvalue weighted by atomic mass is 15.0. The predicted molar refractivity (Wildman–Crippen MR) is 98.8 cm³/mol. The monoisotopic (exact) mass is 317 g/mol. The van der Waals surface area contributed by atoms with Crippen molar-refractivity contribution in [1.82, 2.24) is 5.32 Å². The van der Waals surface area contributed by atoms with Crippen molar-refractivity contribution >= 4 is 0 Å². The van der Waals surface area contributed by atoms with Gasteiger partial charge in [-0.1, -0.05) is 60.7 Å². The smallest absolute Gasteiger partial charge is 0.0580 e. The van der Waals surface area contributed by atoms with Crippen molar-refractivity contribution in [2.24, 2.45) is 17.8 Å². The summed E-state index contributed by atoms with van der Waals surface area (Å²) >= 11 is 0. The Morgan fingerprint density at radius 2 is 1.08 bits per heavy atom. The molecule has 0 aliphatic heterocycles. The van der Waals surface area contributed by atoms with E-state index in [4.69, 9.17) is 0 Å². The van der Waals surface area contributed by atoms with E-state index in [2.05, 4.69) is 66.0 Å². The van der Waals surface area contributed by atoms with Gasteiger partial charge in [0.25, 0.3) is 0 Å². The van der Waals surface area contributed by atoms with Crippen molar-refractivity contribution in [3.63, 3.8) is 0 Å². The van der Waals surface area contributed by atoms with Gasteiger partial charge in [0.1, 0.15) is 0 Å². The Balaban J connectivity index is 1.49. The molecular formula is C23H27N. The van der Waals surface area contributed by atoms with Crippen LogP contribution in [0.1, 0.15) is 55.7 Å². The van der Waals surface area contributed by atoms with Gasteiger partial charge in [0.2, 0.25) is 0 Å². The molecule has 0 unspecified atom stereocenters. The zero-order valence-electron chi connectivity index (χ0n) is 14.3. The van der Waals surface area contributed by atoms with Crippen LogP contribution in [0.5, 0.6) is 0 Å². The number of hydrogen-bond donors (Lipinski definition) is 1. The molecule has 4 aliphatic rings. The maximum absolute atomic E-state index is 4.19. The van der Waals surface area contributed by atoms with E-state index < -0.39 is 0 Å². The Morgan fingerprint density at radius 1 is 0.667 bits per heavy atom. The largest absolute Gasteiger partial charge is 0.301 e. The molecule has 1 heteroatoms. The Hall–Kier alpha value is -1.60. The summed E-state index contributed by atoms with van der Waals surface area (Å²) in [4.78, 5) is 0. The molecule has 0 aromatic heterocycles. The third kappa shape index (κ3) is 2.59. The molecule has 2 aromatic rings. The van der Waals surface area contributed by atoms with Gasteiger partial charge >= 0.3 is 0 Å². The highest BCUT2D eigenvalue weighted by Gasteiger charge is 2.51. The molecule has 4 saturated carbocycles. The van der Waals surface area contributed by atoms with Gasteiger partial charge in [0.05, 0.1) is 6.04 Å². The SMILES string of the molecule is c1ccc(C(NC23CC4CC(CC(C4)C2)C3)c2ccccc2)cc1. The maximum Gasteiger partial charge on any atom is 0.0580 e. The minimum Gasteiger partial charge on any atom is -0.301 e. The molecule has 0 spiro atoms. The van der Waals surface area contributed by atoms with Crippen LogP contribution in [0.25, 0.3) is 0 Å². The number of rotatable bonds is 4. The first-order chi connectivity index (χ1) is 11.8. The van der Waals surface area contributed by atoms with Crippen LogP contribution in [0.3, 0.4) is 0 Å². The standard InChI is InChI=1S/C23H27N/c1-3-7-20(8-4-1)22(21-9-5-2-6-10-21)24-23-14-17-11-18(15-23)13-19(12-17)16-23/h1-10,17-19,22,24H,11-16H2. The second-order valence-corrected chi connectivity index (χ2v) is 8.60. The minimum absolute atomic E-state index is 0.323. The molecule has 4 aliphatic carbocycles. The van der Waals surface area contributed by atoms with Crippen LogP contribution in [-0.4, -0.2) is 5.54 Å². The summed E-state index contributed by atoms with van der Waals surface area (Å²) in [5.74, 6) is 2.95. The quantitative estimate of drug-likeness (QED) is 0.803. The van der Waals surface area contributed by atoms with Crippen LogP contribution < -0.4 is 5.32 Å². The van der Waals surface area contributed by atoms with Gasteiger partial charge in [0, 0.05) is 5.54 Å². The van der Waals surface area contributed by atoms with E-state index in [1.54, 1.807) is 0 Å². The molecule has 6 rings (SSSR count). The lowest BCUT2D eigenvalue weighted by Gasteiger charge is -2.58. The fourth-order valence-electron chi connectivity index (χ4n) is 6.24. The summed E-state index contributed by atoms with van der Waals surface area (Å²) in [6.45, 7) is 0. The average Bonchev–Trinajstić information content (AvgIpc) is 2.60. The summed E-state index contributed by atoms with van der Waals surface area (Å²) in [6, 6.07) is 22.4. The van der Waals surface area contributed by atoms with Crippen LogP contribution >= 0.6 is 0 Å². The highest BCUT2D eigenvalue weighted by molar-refractivity contribution is 5.32. The molecule has 0 atom stereocenters. The number of hydrogen-bond acceptors (Lipinski definition) is 1. The zero-order chi connectivity index (χ0) is 16.0. The molecule has 124 valence electrons. The summed E-state index contributed by atoms with van der Waals surface area (Å²) in [6.07, 6.45) is 8.70. The lowest BCUT2D eigenvalue weighted by molar-refractivity contribution is -0.0234. The first kappa shape index (κ1) is 14.7. The van der Waals surface area contributed by atoms with Crippen molar-refractivity contribution < 1.29 is 0 Å². The first-order valence-corrected chi connectivity index (χ1v) is 9.67. The van der Waals surface area contributed by atoms with Crippen molar-refractivity contribution in [1.29, 1.82) is 0 Å². The molecule has 24 heavy (non-hydrogen) atoms. The van der Waals surface area contributed by atoms with Gasteiger partial charge in [-0.05, 0) is 67.4 Å². The van der Waals surface area contributed by atoms with Gasteiger partial charge in [-0.2, -0.15) is 0 Å². The lowest BCUT2D eigenvalue weighted by atomic mass is 9.53. The molecule has 4 bridgehead atoms. The summed E-state index contributed by atoms with van der Waals surface area (Å²) in [5, 5.41) is 4.19. The van der Waals surface area contributed by atoms with E-state index in [0.717, 1.165) is 17.8 Å². The van der Waals surface area contributed by atoms with Crippen molar-refractivity contribution in [2.75, 3.05) is 0 Å². The van der Waals surface area contributed by atoms with Gasteiger partial charge in [-0.25, -0.2) is 0 Å². The van der Waals surface area contributed by atoms with Gasteiger partial charge in [0.15, 0.2) is 0 Å². The molecule has 4 fully saturated rings. The molecule has 0 amide bonds. The van der Waals surface area contributed by atoms with Gasteiger partial charge in [-0.3, -0.25) is 0 Å². The minimum atomic E-state index is 0.323. The van der Waals surface area contributed by atoms with E-state index in [0.29, 0.717) is 11.6 Å². The fraction of sp³-hybridized carbons (Fsp3) is 0.478. The fourth-order valence-corrected chi connectivity index (χ4v) is 6.24. The third-order valence-corrected chi connectivity index (χ3v) is 6.75.